The van der Waals surface area contributed by atoms with E-state index in [1.807, 2.05) is 59.3 Å². The lowest BCUT2D eigenvalue weighted by Gasteiger charge is -2.07. The highest BCUT2D eigenvalue weighted by atomic mass is 79.9. The van der Waals surface area contributed by atoms with Crippen molar-refractivity contribution in [1.82, 2.24) is 14.4 Å². The number of hydrogen-bond acceptors (Lipinski definition) is 6. The Morgan fingerprint density at radius 3 is 2.66 bits per heavy atom. The van der Waals surface area contributed by atoms with Gasteiger partial charge in [-0.1, -0.05) is 11.6 Å². The first-order valence-electron chi connectivity index (χ1n) is 8.73. The summed E-state index contributed by atoms with van der Waals surface area (Å²) in [4.78, 5) is 9.32. The number of anilines is 2. The molecule has 0 radical (unpaired) electrons. The van der Waals surface area contributed by atoms with Crippen LogP contribution in [-0.2, 0) is 4.74 Å². The van der Waals surface area contributed by atoms with Crippen molar-refractivity contribution in [2.24, 2.45) is 0 Å². The Morgan fingerprint density at radius 2 is 1.90 bits per heavy atom. The van der Waals surface area contributed by atoms with Crippen molar-refractivity contribution in [2.75, 3.05) is 25.6 Å². The fourth-order valence-corrected chi connectivity index (χ4v) is 3.76. The van der Waals surface area contributed by atoms with Gasteiger partial charge in [0.2, 0.25) is 0 Å². The van der Waals surface area contributed by atoms with Crippen molar-refractivity contribution in [3.63, 3.8) is 0 Å². The van der Waals surface area contributed by atoms with E-state index >= 15 is 0 Å². The molecule has 0 aliphatic carbocycles. The zero-order chi connectivity index (χ0) is 19.5. The molecule has 152 valence electrons. The summed E-state index contributed by atoms with van der Waals surface area (Å²) in [5.74, 6) is 0.806. The molecule has 6 nitrogen and oxygen atoms in total. The number of thiazole rings is 1. The van der Waals surface area contributed by atoms with E-state index in [0.717, 1.165) is 39.3 Å². The number of methoxy groups -OCH3 is 1. The second-order valence-electron chi connectivity index (χ2n) is 6.15. The number of rotatable bonds is 7. The second kappa shape index (κ2) is 9.58. The van der Waals surface area contributed by atoms with Gasteiger partial charge in [0.05, 0.1) is 23.0 Å². The molecule has 9 heteroatoms. The molecule has 29 heavy (non-hydrogen) atoms. The van der Waals surface area contributed by atoms with Crippen LogP contribution in [0, 0.1) is 6.92 Å². The number of nitrogens with one attached hydrogen (secondary N) is 1. The van der Waals surface area contributed by atoms with Gasteiger partial charge in [0.25, 0.3) is 0 Å². The zero-order valence-electron chi connectivity index (χ0n) is 15.9. The Balaban J connectivity index is 0.00000240. The van der Waals surface area contributed by atoms with Gasteiger partial charge in [-0.05, 0) is 43.3 Å². The number of pyridine rings is 1. The van der Waals surface area contributed by atoms with Crippen LogP contribution < -0.4 is 10.1 Å². The van der Waals surface area contributed by atoms with Gasteiger partial charge in [0.15, 0.2) is 5.13 Å². The number of ether oxygens (including phenoxy) is 2. The molecule has 3 aromatic heterocycles. The van der Waals surface area contributed by atoms with Gasteiger partial charge in [-0.15, -0.1) is 28.3 Å². The molecular weight excluding hydrogens is 476 g/mol. The predicted molar refractivity (Wildman–Crippen MR) is 123 cm³/mol. The summed E-state index contributed by atoms with van der Waals surface area (Å²) in [7, 11) is 1.65. The third-order valence-electron chi connectivity index (χ3n) is 4.17. The topological polar surface area (TPSA) is 60.7 Å². The second-order valence-corrected chi connectivity index (χ2v) is 7.44. The molecule has 0 unspecified atom stereocenters. The quantitative estimate of drug-likeness (QED) is 0.330. The first kappa shape index (κ1) is 21.6. The summed E-state index contributed by atoms with van der Waals surface area (Å²) in [6, 6.07) is 11.5. The van der Waals surface area contributed by atoms with Crippen molar-refractivity contribution in [2.45, 2.75) is 6.92 Å². The Bertz CT molecular complexity index is 1100. The van der Waals surface area contributed by atoms with E-state index in [4.69, 9.17) is 26.1 Å². The van der Waals surface area contributed by atoms with Crippen LogP contribution in [0.2, 0.25) is 5.02 Å². The lowest BCUT2D eigenvalue weighted by molar-refractivity contribution is 0.146. The highest BCUT2D eigenvalue weighted by Crippen LogP contribution is 2.30. The van der Waals surface area contributed by atoms with Gasteiger partial charge < -0.3 is 14.8 Å². The number of imidazole rings is 1. The van der Waals surface area contributed by atoms with Gasteiger partial charge >= 0.3 is 0 Å². The molecule has 0 spiro atoms. The largest absolute Gasteiger partial charge is 0.491 e. The summed E-state index contributed by atoms with van der Waals surface area (Å²) < 4.78 is 12.5. The first-order chi connectivity index (χ1) is 13.6. The molecule has 3 heterocycles. The maximum Gasteiger partial charge on any atom is 0.187 e. The number of halogens is 2. The van der Waals surface area contributed by atoms with E-state index in [0.29, 0.717) is 18.2 Å². The molecule has 0 aliphatic rings. The zero-order valence-corrected chi connectivity index (χ0v) is 19.2. The van der Waals surface area contributed by atoms with E-state index in [9.17, 15) is 0 Å². The number of benzene rings is 1. The van der Waals surface area contributed by atoms with Crippen molar-refractivity contribution in [3.05, 3.63) is 58.7 Å². The first-order valence-corrected chi connectivity index (χ1v) is 9.99. The van der Waals surface area contributed by atoms with Crippen LogP contribution in [0.5, 0.6) is 5.75 Å². The lowest BCUT2D eigenvalue weighted by Crippen LogP contribution is -2.04. The lowest BCUT2D eigenvalue weighted by atomic mass is 10.3. The summed E-state index contributed by atoms with van der Waals surface area (Å²) >= 11 is 7.70. The molecule has 1 N–H and O–H groups in total. The van der Waals surface area contributed by atoms with Crippen molar-refractivity contribution in [3.8, 4) is 17.1 Å². The molecule has 1 aromatic carbocycles. The van der Waals surface area contributed by atoms with Gasteiger partial charge in [0, 0.05) is 24.4 Å². The average Bonchev–Trinajstić information content (AvgIpc) is 3.26. The van der Waals surface area contributed by atoms with E-state index in [1.165, 1.54) is 0 Å². The molecule has 0 aliphatic heterocycles. The molecule has 0 amide bonds. The monoisotopic (exact) mass is 494 g/mol. The highest BCUT2D eigenvalue weighted by molar-refractivity contribution is 8.93. The Morgan fingerprint density at radius 1 is 1.10 bits per heavy atom. The number of hydrogen-bond donors (Lipinski definition) is 1. The molecular formula is C20H20BrClN4O2S. The third kappa shape index (κ3) is 4.90. The van der Waals surface area contributed by atoms with Gasteiger partial charge in [-0.2, -0.15) is 0 Å². The van der Waals surface area contributed by atoms with Crippen LogP contribution in [0.1, 0.15) is 5.69 Å². The van der Waals surface area contributed by atoms with E-state index in [-0.39, 0.29) is 17.0 Å². The minimum absolute atomic E-state index is 0. The van der Waals surface area contributed by atoms with Gasteiger partial charge in [-0.25, -0.2) is 9.97 Å². The Kier molecular flexibility index (Phi) is 7.13. The molecule has 0 fully saturated rings. The predicted octanol–water partition coefficient (Wildman–Crippen LogP) is 5.77. The third-order valence-corrected chi connectivity index (χ3v) is 5.15. The number of fused-ring (bicyclic) bond motifs is 1. The molecule has 4 rings (SSSR count). The SMILES string of the molecule is Br.COCCOc1ccc(Nc2nc(-c3c(C)nc4ccc(Cl)cn34)cs2)cc1. The van der Waals surface area contributed by atoms with E-state index in [1.54, 1.807) is 18.4 Å². The maximum absolute atomic E-state index is 6.16. The smallest absolute Gasteiger partial charge is 0.187 e. The Hall–Kier alpha value is -2.13. The summed E-state index contributed by atoms with van der Waals surface area (Å²) in [6.45, 7) is 3.07. The van der Waals surface area contributed by atoms with E-state index in [2.05, 4.69) is 10.3 Å². The molecule has 0 saturated carbocycles. The average molecular weight is 496 g/mol. The molecule has 0 atom stereocenters. The number of nitrogens with zero attached hydrogens (tertiary/aromatic N) is 3. The van der Waals surface area contributed by atoms with Crippen molar-refractivity contribution in [1.29, 1.82) is 0 Å². The van der Waals surface area contributed by atoms with Crippen LogP contribution in [0.3, 0.4) is 0 Å². The van der Waals surface area contributed by atoms with Crippen molar-refractivity contribution < 1.29 is 9.47 Å². The molecule has 4 aromatic rings. The fourth-order valence-electron chi connectivity index (χ4n) is 2.89. The minimum atomic E-state index is 0. The van der Waals surface area contributed by atoms with Crippen LogP contribution in [0.4, 0.5) is 10.8 Å². The van der Waals surface area contributed by atoms with Crippen LogP contribution in [-0.4, -0.2) is 34.7 Å². The van der Waals surface area contributed by atoms with E-state index < -0.39 is 0 Å². The number of aryl methyl sites for hydroxylation is 1. The van der Waals surface area contributed by atoms with Crippen LogP contribution in [0.25, 0.3) is 17.0 Å². The fraction of sp³-hybridized carbons (Fsp3) is 0.200. The van der Waals surface area contributed by atoms with Crippen LogP contribution >= 0.6 is 39.9 Å². The summed E-state index contributed by atoms with van der Waals surface area (Å²) in [5.41, 5.74) is 4.51. The maximum atomic E-state index is 6.16. The molecule has 0 saturated heterocycles. The standard InChI is InChI=1S/C20H19ClN4O2S.BrH/c1-13-19(25-11-14(21)3-8-18(25)22-13)17-12-28-20(24-17)23-15-4-6-16(7-5-15)27-10-9-26-2;/h3-8,11-12H,9-10H2,1-2H3,(H,23,24);1H. The summed E-state index contributed by atoms with van der Waals surface area (Å²) in [5, 5.41) is 6.81. The Labute approximate surface area is 188 Å². The van der Waals surface area contributed by atoms with Crippen molar-refractivity contribution >= 4 is 56.4 Å². The van der Waals surface area contributed by atoms with Gasteiger partial charge in [0.1, 0.15) is 23.7 Å². The van der Waals surface area contributed by atoms with Gasteiger partial charge in [-0.3, -0.25) is 4.40 Å². The van der Waals surface area contributed by atoms with Crippen LogP contribution in [0.15, 0.2) is 48.0 Å². The number of aromatic nitrogens is 3. The highest BCUT2D eigenvalue weighted by Gasteiger charge is 2.14. The minimum Gasteiger partial charge on any atom is -0.491 e. The normalized spacial score (nSPS) is 10.7. The molecule has 0 bridgehead atoms. The summed E-state index contributed by atoms with van der Waals surface area (Å²) in [6.07, 6.45) is 1.86.